The molecule has 0 fully saturated rings. The van der Waals surface area contributed by atoms with Gasteiger partial charge in [-0.15, -0.1) is 11.6 Å². The molecule has 0 heterocycles. The first-order valence-electron chi connectivity index (χ1n) is 4.17. The minimum absolute atomic E-state index is 0.156. The van der Waals surface area contributed by atoms with Crippen LogP contribution in [0, 0.1) is 0 Å². The summed E-state index contributed by atoms with van der Waals surface area (Å²) in [6, 6.07) is 0. The van der Waals surface area contributed by atoms with Crippen molar-refractivity contribution in [2.24, 2.45) is 0 Å². The SMILES string of the molecule is CCCCN(CC(=O)O)C(=O)CCl. The minimum atomic E-state index is -1.01. The van der Waals surface area contributed by atoms with Crippen molar-refractivity contribution >= 4 is 23.5 Å². The second kappa shape index (κ2) is 6.71. The summed E-state index contributed by atoms with van der Waals surface area (Å²) in [6.07, 6.45) is 1.72. The van der Waals surface area contributed by atoms with E-state index in [1.54, 1.807) is 0 Å². The van der Waals surface area contributed by atoms with Crippen molar-refractivity contribution in [3.8, 4) is 0 Å². The smallest absolute Gasteiger partial charge is 0.323 e. The number of carbonyl (C=O) groups excluding carboxylic acids is 1. The molecular formula is C8H14ClNO3. The summed E-state index contributed by atoms with van der Waals surface area (Å²) >= 11 is 5.32. The molecule has 0 aliphatic carbocycles. The Kier molecular flexibility index (Phi) is 6.32. The Morgan fingerprint density at radius 2 is 2.08 bits per heavy atom. The molecule has 0 aliphatic rings. The number of carboxylic acids is 1. The molecule has 1 N–H and O–H groups in total. The molecule has 0 saturated heterocycles. The van der Waals surface area contributed by atoms with Gasteiger partial charge in [0.25, 0.3) is 0 Å². The lowest BCUT2D eigenvalue weighted by Crippen LogP contribution is -2.37. The lowest BCUT2D eigenvalue weighted by molar-refractivity contribution is -0.143. The molecule has 0 aromatic carbocycles. The molecule has 4 nitrogen and oxygen atoms in total. The zero-order chi connectivity index (χ0) is 10.3. The van der Waals surface area contributed by atoms with E-state index in [4.69, 9.17) is 16.7 Å². The van der Waals surface area contributed by atoms with Gasteiger partial charge < -0.3 is 10.0 Å². The van der Waals surface area contributed by atoms with Gasteiger partial charge >= 0.3 is 5.97 Å². The van der Waals surface area contributed by atoms with Crippen LogP contribution in [-0.4, -0.2) is 40.9 Å². The fourth-order valence-electron chi connectivity index (χ4n) is 0.889. The Balaban J connectivity index is 4.02. The Hall–Kier alpha value is -0.770. The number of rotatable bonds is 6. The Labute approximate surface area is 82.5 Å². The molecule has 13 heavy (non-hydrogen) atoms. The number of amides is 1. The third-order valence-electron chi connectivity index (χ3n) is 1.57. The second-order valence-electron chi connectivity index (χ2n) is 2.70. The van der Waals surface area contributed by atoms with Crippen LogP contribution in [0.2, 0.25) is 0 Å². The van der Waals surface area contributed by atoms with Crippen LogP contribution in [0.15, 0.2) is 0 Å². The van der Waals surface area contributed by atoms with E-state index in [9.17, 15) is 9.59 Å². The quantitative estimate of drug-likeness (QED) is 0.660. The van der Waals surface area contributed by atoms with Crippen molar-refractivity contribution in [2.75, 3.05) is 19.0 Å². The first kappa shape index (κ1) is 12.2. The first-order chi connectivity index (χ1) is 6.11. The number of aliphatic carboxylic acids is 1. The maximum Gasteiger partial charge on any atom is 0.323 e. The maximum atomic E-state index is 11.1. The molecule has 5 heteroatoms. The van der Waals surface area contributed by atoms with Gasteiger partial charge in [-0.3, -0.25) is 9.59 Å². The van der Waals surface area contributed by atoms with E-state index in [1.165, 1.54) is 4.90 Å². The maximum absolute atomic E-state index is 11.1. The lowest BCUT2D eigenvalue weighted by Gasteiger charge is -2.18. The number of nitrogens with zero attached hydrogens (tertiary/aromatic N) is 1. The highest BCUT2D eigenvalue weighted by Gasteiger charge is 2.14. The zero-order valence-corrected chi connectivity index (χ0v) is 8.38. The van der Waals surface area contributed by atoms with Crippen LogP contribution in [0.1, 0.15) is 19.8 Å². The lowest BCUT2D eigenvalue weighted by atomic mass is 10.3. The summed E-state index contributed by atoms with van der Waals surface area (Å²) in [4.78, 5) is 22.7. The number of hydrogen-bond acceptors (Lipinski definition) is 2. The molecule has 0 rings (SSSR count). The highest BCUT2D eigenvalue weighted by Crippen LogP contribution is 1.97. The monoisotopic (exact) mass is 207 g/mol. The van der Waals surface area contributed by atoms with Gasteiger partial charge in [-0.1, -0.05) is 13.3 Å². The molecular weight excluding hydrogens is 194 g/mol. The Morgan fingerprint density at radius 1 is 1.46 bits per heavy atom. The number of carbonyl (C=O) groups is 2. The molecule has 0 unspecified atom stereocenters. The molecule has 1 amide bonds. The van der Waals surface area contributed by atoms with E-state index in [0.29, 0.717) is 6.54 Å². The fourth-order valence-corrected chi connectivity index (χ4v) is 1.06. The molecule has 0 saturated carbocycles. The van der Waals surface area contributed by atoms with Crippen molar-refractivity contribution in [3.05, 3.63) is 0 Å². The van der Waals surface area contributed by atoms with E-state index in [-0.39, 0.29) is 18.3 Å². The van der Waals surface area contributed by atoms with E-state index in [2.05, 4.69) is 0 Å². The Morgan fingerprint density at radius 3 is 2.46 bits per heavy atom. The van der Waals surface area contributed by atoms with Gasteiger partial charge in [0.05, 0.1) is 0 Å². The van der Waals surface area contributed by atoms with Gasteiger partial charge in [-0.25, -0.2) is 0 Å². The standard InChI is InChI=1S/C8H14ClNO3/c1-2-3-4-10(6-8(12)13)7(11)5-9/h2-6H2,1H3,(H,12,13). The van der Waals surface area contributed by atoms with Crippen LogP contribution in [0.3, 0.4) is 0 Å². The third kappa shape index (κ3) is 5.47. The zero-order valence-electron chi connectivity index (χ0n) is 7.62. The Bertz CT molecular complexity index is 184. The molecule has 0 bridgehead atoms. The summed E-state index contributed by atoms with van der Waals surface area (Å²) in [5, 5.41) is 8.49. The number of alkyl halides is 1. The van der Waals surface area contributed by atoms with Crippen molar-refractivity contribution in [1.82, 2.24) is 4.90 Å². The molecule has 0 aromatic heterocycles. The average Bonchev–Trinajstić information content (AvgIpc) is 2.10. The van der Waals surface area contributed by atoms with E-state index in [0.717, 1.165) is 12.8 Å². The van der Waals surface area contributed by atoms with Crippen LogP contribution in [0.5, 0.6) is 0 Å². The van der Waals surface area contributed by atoms with Gasteiger partial charge in [-0.05, 0) is 6.42 Å². The second-order valence-corrected chi connectivity index (χ2v) is 2.96. The largest absolute Gasteiger partial charge is 0.480 e. The number of unbranched alkanes of at least 4 members (excludes halogenated alkanes) is 1. The molecule has 76 valence electrons. The van der Waals surface area contributed by atoms with Crippen LogP contribution < -0.4 is 0 Å². The van der Waals surface area contributed by atoms with E-state index < -0.39 is 5.97 Å². The number of hydrogen-bond donors (Lipinski definition) is 1. The van der Waals surface area contributed by atoms with Gasteiger partial charge in [0.2, 0.25) is 5.91 Å². The fraction of sp³-hybridized carbons (Fsp3) is 0.750. The minimum Gasteiger partial charge on any atom is -0.480 e. The normalized spacial score (nSPS) is 9.69. The average molecular weight is 208 g/mol. The number of halogens is 1. The van der Waals surface area contributed by atoms with Crippen LogP contribution in [-0.2, 0) is 9.59 Å². The summed E-state index contributed by atoms with van der Waals surface area (Å²) in [5.41, 5.74) is 0. The van der Waals surface area contributed by atoms with Crippen LogP contribution in [0.4, 0.5) is 0 Å². The van der Waals surface area contributed by atoms with Crippen molar-refractivity contribution in [2.45, 2.75) is 19.8 Å². The van der Waals surface area contributed by atoms with Gasteiger partial charge in [0.15, 0.2) is 0 Å². The van der Waals surface area contributed by atoms with Crippen molar-refractivity contribution in [3.63, 3.8) is 0 Å². The van der Waals surface area contributed by atoms with Crippen LogP contribution >= 0.6 is 11.6 Å². The predicted octanol–water partition coefficient (Wildman–Crippen LogP) is 0.939. The topological polar surface area (TPSA) is 57.6 Å². The summed E-state index contributed by atoms with van der Waals surface area (Å²) in [5.74, 6) is -1.48. The van der Waals surface area contributed by atoms with Crippen molar-refractivity contribution < 1.29 is 14.7 Å². The predicted molar refractivity (Wildman–Crippen MR) is 49.8 cm³/mol. The van der Waals surface area contributed by atoms with Gasteiger partial charge in [-0.2, -0.15) is 0 Å². The number of carboxylic acid groups (broad SMARTS) is 1. The summed E-state index contributed by atoms with van der Waals surface area (Å²) in [7, 11) is 0. The van der Waals surface area contributed by atoms with E-state index >= 15 is 0 Å². The highest BCUT2D eigenvalue weighted by molar-refractivity contribution is 6.27. The first-order valence-corrected chi connectivity index (χ1v) is 4.70. The van der Waals surface area contributed by atoms with Gasteiger partial charge in [0.1, 0.15) is 12.4 Å². The van der Waals surface area contributed by atoms with Gasteiger partial charge in [0, 0.05) is 6.54 Å². The van der Waals surface area contributed by atoms with Crippen LogP contribution in [0.25, 0.3) is 0 Å². The molecule has 0 atom stereocenters. The van der Waals surface area contributed by atoms with E-state index in [1.807, 2.05) is 6.92 Å². The molecule has 0 aromatic rings. The van der Waals surface area contributed by atoms with Crippen molar-refractivity contribution in [1.29, 1.82) is 0 Å². The molecule has 0 radical (unpaired) electrons. The summed E-state index contributed by atoms with van der Waals surface area (Å²) in [6.45, 7) is 2.18. The summed E-state index contributed by atoms with van der Waals surface area (Å²) < 4.78 is 0. The third-order valence-corrected chi connectivity index (χ3v) is 1.80. The highest BCUT2D eigenvalue weighted by atomic mass is 35.5. The molecule has 0 aliphatic heterocycles. The molecule has 0 spiro atoms.